The number of hydrogen-bond acceptors (Lipinski definition) is 6. The first-order valence-corrected chi connectivity index (χ1v) is 15.7. The van der Waals surface area contributed by atoms with Crippen LogP contribution in [0.1, 0.15) is 122 Å². The van der Waals surface area contributed by atoms with E-state index in [0.29, 0.717) is 36.4 Å². The zero-order chi connectivity index (χ0) is 29.2. The Kier molecular flexibility index (Phi) is 11.4. The molecule has 39 heavy (non-hydrogen) atoms. The number of ether oxygens (including phenoxy) is 6. The van der Waals surface area contributed by atoms with Crippen molar-refractivity contribution in [2.45, 2.75) is 165 Å². The zero-order valence-electron chi connectivity index (χ0n) is 27.4. The Hall–Kier alpha value is -0.240. The molecule has 3 fully saturated rings. The van der Waals surface area contributed by atoms with Gasteiger partial charge in [0.05, 0.1) is 13.2 Å². The van der Waals surface area contributed by atoms with Gasteiger partial charge in [0.15, 0.2) is 18.9 Å². The maximum Gasteiger partial charge on any atom is 0.159 e. The van der Waals surface area contributed by atoms with E-state index in [0.717, 1.165) is 38.5 Å². The number of rotatable bonds is 10. The predicted molar refractivity (Wildman–Crippen MR) is 156 cm³/mol. The van der Waals surface area contributed by atoms with Crippen molar-refractivity contribution in [1.82, 2.24) is 0 Å². The smallest absolute Gasteiger partial charge is 0.159 e. The summed E-state index contributed by atoms with van der Waals surface area (Å²) < 4.78 is 38.7. The Morgan fingerprint density at radius 3 is 1.18 bits per heavy atom. The molecular formula is C33H62O6. The highest BCUT2D eigenvalue weighted by Crippen LogP contribution is 2.38. The molecule has 0 aromatic rings. The Morgan fingerprint density at radius 1 is 0.487 bits per heavy atom. The molecule has 0 radical (unpaired) electrons. The van der Waals surface area contributed by atoms with Gasteiger partial charge in [-0.1, -0.05) is 83.1 Å². The molecule has 3 rings (SSSR count). The third-order valence-corrected chi connectivity index (χ3v) is 7.89. The van der Waals surface area contributed by atoms with E-state index >= 15 is 0 Å². The lowest BCUT2D eigenvalue weighted by molar-refractivity contribution is -0.370. The molecule has 6 unspecified atom stereocenters. The van der Waals surface area contributed by atoms with Gasteiger partial charge in [-0.15, -0.1) is 0 Å². The van der Waals surface area contributed by atoms with E-state index in [1.54, 1.807) is 0 Å². The summed E-state index contributed by atoms with van der Waals surface area (Å²) in [6, 6.07) is 0. The van der Waals surface area contributed by atoms with Crippen molar-refractivity contribution in [2.24, 2.45) is 34.0 Å². The van der Waals surface area contributed by atoms with Gasteiger partial charge in [0.25, 0.3) is 0 Å². The van der Waals surface area contributed by atoms with Gasteiger partial charge >= 0.3 is 0 Å². The number of fused-ring (bicyclic) bond motifs is 1. The van der Waals surface area contributed by atoms with Crippen molar-refractivity contribution in [1.29, 1.82) is 0 Å². The van der Waals surface area contributed by atoms with E-state index < -0.39 is 0 Å². The third kappa shape index (κ3) is 11.5. The van der Waals surface area contributed by atoms with E-state index in [2.05, 4.69) is 83.1 Å². The van der Waals surface area contributed by atoms with Crippen molar-refractivity contribution in [2.75, 3.05) is 13.2 Å². The molecular weight excluding hydrogens is 492 g/mol. The molecule has 0 aliphatic carbocycles. The summed E-state index contributed by atoms with van der Waals surface area (Å²) in [4.78, 5) is 0. The maximum absolute atomic E-state index is 6.69. The lowest BCUT2D eigenvalue weighted by Crippen LogP contribution is -2.61. The monoisotopic (exact) mass is 554 g/mol. The molecule has 0 saturated carbocycles. The van der Waals surface area contributed by atoms with Gasteiger partial charge in [-0.05, 0) is 53.3 Å². The summed E-state index contributed by atoms with van der Waals surface area (Å²) in [5.74, 6) is 1.51. The second-order valence-electron chi connectivity index (χ2n) is 16.8. The first-order valence-electron chi connectivity index (χ1n) is 15.7. The van der Waals surface area contributed by atoms with Crippen LogP contribution in [0.15, 0.2) is 0 Å². The van der Waals surface area contributed by atoms with Crippen LogP contribution in [0.4, 0.5) is 0 Å². The second-order valence-corrected chi connectivity index (χ2v) is 16.8. The van der Waals surface area contributed by atoms with Crippen LogP contribution < -0.4 is 0 Å². The van der Waals surface area contributed by atoms with Gasteiger partial charge in [0, 0.05) is 19.3 Å². The van der Waals surface area contributed by atoms with E-state index in [9.17, 15) is 0 Å². The average Bonchev–Trinajstić information content (AvgIpc) is 3.17. The Balaban J connectivity index is 1.67. The van der Waals surface area contributed by atoms with Crippen LogP contribution in [0.2, 0.25) is 0 Å². The minimum Gasteiger partial charge on any atom is -0.350 e. The SMILES string of the molecule is CC(CC1OC[C@@H]2OC(CC(C)CC(C)(C)C)O[C@H]([C@H]3COC(CC(C)CC(C)(C)C)O3)[C@@H]2O1)CC(C)(C)C. The fraction of sp³-hybridized carbons (Fsp3) is 1.00. The van der Waals surface area contributed by atoms with Crippen molar-refractivity contribution in [3.8, 4) is 0 Å². The van der Waals surface area contributed by atoms with Gasteiger partial charge in [-0.3, -0.25) is 0 Å². The van der Waals surface area contributed by atoms with E-state index in [4.69, 9.17) is 28.4 Å². The summed E-state index contributed by atoms with van der Waals surface area (Å²) in [5, 5.41) is 0. The van der Waals surface area contributed by atoms with Crippen LogP contribution in [-0.2, 0) is 28.4 Å². The minimum absolute atomic E-state index is 0.160. The molecule has 6 heteroatoms. The molecule has 0 bridgehead atoms. The Morgan fingerprint density at radius 2 is 0.795 bits per heavy atom. The molecule has 3 aliphatic rings. The highest BCUT2D eigenvalue weighted by Gasteiger charge is 2.50. The second kappa shape index (κ2) is 13.4. The molecule has 0 aromatic carbocycles. The minimum atomic E-state index is -0.292. The topological polar surface area (TPSA) is 55.4 Å². The fourth-order valence-corrected chi connectivity index (χ4v) is 7.16. The highest BCUT2D eigenvalue weighted by atomic mass is 16.8. The van der Waals surface area contributed by atoms with Crippen LogP contribution in [0.3, 0.4) is 0 Å². The van der Waals surface area contributed by atoms with Crippen LogP contribution in [0, 0.1) is 34.0 Å². The molecule has 3 heterocycles. The quantitative estimate of drug-likeness (QED) is 0.273. The van der Waals surface area contributed by atoms with Crippen LogP contribution >= 0.6 is 0 Å². The normalized spacial score (nSPS) is 34.9. The molecule has 0 spiro atoms. The first kappa shape index (κ1) is 33.3. The van der Waals surface area contributed by atoms with Gasteiger partial charge in [-0.25, -0.2) is 0 Å². The lowest BCUT2D eigenvalue weighted by atomic mass is 9.84. The fourth-order valence-electron chi connectivity index (χ4n) is 7.16. The van der Waals surface area contributed by atoms with Gasteiger partial charge < -0.3 is 28.4 Å². The Bertz CT molecular complexity index is 734. The van der Waals surface area contributed by atoms with Gasteiger partial charge in [0.1, 0.15) is 24.4 Å². The molecule has 0 aromatic heterocycles. The largest absolute Gasteiger partial charge is 0.350 e. The Labute approximate surface area is 240 Å². The molecule has 230 valence electrons. The summed E-state index contributed by atoms with van der Waals surface area (Å²) in [6.45, 7) is 28.6. The summed E-state index contributed by atoms with van der Waals surface area (Å²) in [7, 11) is 0. The van der Waals surface area contributed by atoms with Crippen molar-refractivity contribution in [3.05, 3.63) is 0 Å². The van der Waals surface area contributed by atoms with Gasteiger partial charge in [0.2, 0.25) is 0 Å². The zero-order valence-corrected chi connectivity index (χ0v) is 27.4. The van der Waals surface area contributed by atoms with Crippen molar-refractivity contribution < 1.29 is 28.4 Å². The lowest BCUT2D eigenvalue weighted by Gasteiger charge is -2.48. The van der Waals surface area contributed by atoms with E-state index in [1.807, 2.05) is 0 Å². The third-order valence-electron chi connectivity index (χ3n) is 7.89. The highest BCUT2D eigenvalue weighted by molar-refractivity contribution is 4.93. The number of hydrogen-bond donors (Lipinski definition) is 0. The van der Waals surface area contributed by atoms with Gasteiger partial charge in [-0.2, -0.15) is 0 Å². The molecule has 3 saturated heterocycles. The van der Waals surface area contributed by atoms with Crippen LogP contribution in [0.25, 0.3) is 0 Å². The summed E-state index contributed by atoms with van der Waals surface area (Å²) in [5.41, 5.74) is 0.839. The van der Waals surface area contributed by atoms with Crippen LogP contribution in [-0.4, -0.2) is 56.5 Å². The predicted octanol–water partition coefficient (Wildman–Crippen LogP) is 7.97. The molecule has 3 aliphatic heterocycles. The average molecular weight is 555 g/mol. The van der Waals surface area contributed by atoms with E-state index in [-0.39, 0.29) is 54.1 Å². The molecule has 10 atom stereocenters. The summed E-state index contributed by atoms with van der Waals surface area (Å²) >= 11 is 0. The van der Waals surface area contributed by atoms with E-state index in [1.165, 1.54) is 0 Å². The molecule has 6 nitrogen and oxygen atoms in total. The molecule has 0 N–H and O–H groups in total. The first-order chi connectivity index (χ1) is 17.9. The van der Waals surface area contributed by atoms with Crippen LogP contribution in [0.5, 0.6) is 0 Å². The van der Waals surface area contributed by atoms with Crippen molar-refractivity contribution >= 4 is 0 Å². The molecule has 0 amide bonds. The maximum atomic E-state index is 6.69. The standard InChI is InChI=1S/C33H62O6/c1-21(16-31(4,5)6)13-26-34-19-24(36-26)30-29-25(37-28(39-30)15-23(3)18-33(10,11)12)20-35-27(38-29)14-22(2)17-32(7,8)9/h21-30H,13-20H2,1-12H3/t21?,22?,23?,24-,25+,26?,27?,28?,29-,30-/m1/s1. The van der Waals surface area contributed by atoms with Crippen molar-refractivity contribution in [3.63, 3.8) is 0 Å². The summed E-state index contributed by atoms with van der Waals surface area (Å²) in [6.07, 6.45) is 4.48.